The van der Waals surface area contributed by atoms with Crippen LogP contribution in [0.2, 0.25) is 0 Å². The van der Waals surface area contributed by atoms with Crippen molar-refractivity contribution < 1.29 is 70.8 Å². The predicted molar refractivity (Wildman–Crippen MR) is 77.0 cm³/mol. The fourth-order valence-electron chi connectivity index (χ4n) is 2.10. The van der Waals surface area contributed by atoms with Gasteiger partial charge in [0.05, 0.1) is 5.97 Å². The molecule has 0 aliphatic carbocycles. The van der Waals surface area contributed by atoms with Crippen molar-refractivity contribution >= 4 is 11.9 Å². The van der Waals surface area contributed by atoms with Crippen molar-refractivity contribution in [3.8, 4) is 0 Å². The van der Waals surface area contributed by atoms with Gasteiger partial charge in [0.15, 0.2) is 0 Å². The van der Waals surface area contributed by atoms with Crippen LogP contribution in [0.15, 0.2) is 0 Å². The average Bonchev–Trinajstić information content (AvgIpc) is 2.42. The molecule has 21 heavy (non-hydrogen) atoms. The number of esters is 1. The molecule has 0 aromatic heterocycles. The number of hydrogen-bond acceptors (Lipinski definition) is 4. The van der Waals surface area contributed by atoms with Crippen LogP contribution < -0.4 is 56.5 Å². The molecular formula is C16H29KO4. The summed E-state index contributed by atoms with van der Waals surface area (Å²) in [5.41, 5.74) is 0. The van der Waals surface area contributed by atoms with Gasteiger partial charge in [-0.15, -0.1) is 0 Å². The molecular weight excluding hydrogens is 295 g/mol. The Morgan fingerprint density at radius 3 is 1.81 bits per heavy atom. The molecule has 5 heteroatoms. The Balaban J connectivity index is 0. The summed E-state index contributed by atoms with van der Waals surface area (Å²) in [6.07, 6.45) is 10.1. The first-order valence-corrected chi connectivity index (χ1v) is 8.02. The maximum absolute atomic E-state index is 11.4. The Morgan fingerprint density at radius 2 is 1.38 bits per heavy atom. The van der Waals surface area contributed by atoms with Gasteiger partial charge >= 0.3 is 57.4 Å². The maximum atomic E-state index is 11.4. The molecule has 0 saturated heterocycles. The Bertz CT molecular complexity index is 269. The monoisotopic (exact) mass is 324 g/mol. The van der Waals surface area contributed by atoms with E-state index in [1.807, 2.05) is 0 Å². The summed E-state index contributed by atoms with van der Waals surface area (Å²) in [5, 5.41) is 10.6. The van der Waals surface area contributed by atoms with Crippen molar-refractivity contribution in [2.45, 2.75) is 90.6 Å². The molecule has 0 rings (SSSR count). The topological polar surface area (TPSA) is 66.4 Å². The third-order valence-corrected chi connectivity index (χ3v) is 3.39. The third kappa shape index (κ3) is 15.3. The molecule has 0 N–H and O–H groups in total. The number of rotatable bonds is 13. The van der Waals surface area contributed by atoms with E-state index in [1.165, 1.54) is 38.5 Å². The minimum absolute atomic E-state index is 0. The number of carbonyl (C=O) groups excluding carboxylic acids is 2. The van der Waals surface area contributed by atoms with Crippen molar-refractivity contribution in [3.05, 3.63) is 0 Å². The number of aliphatic carboxylic acids is 1. The second-order valence-electron chi connectivity index (χ2n) is 5.28. The smallest absolute Gasteiger partial charge is 0.546 e. The Labute approximate surface area is 171 Å². The number of unbranched alkanes of at least 4 members (excludes halogenated alkanes) is 8. The molecule has 0 spiro atoms. The molecule has 4 nitrogen and oxygen atoms in total. The van der Waals surface area contributed by atoms with Crippen molar-refractivity contribution in [2.75, 3.05) is 0 Å². The molecule has 0 fully saturated rings. The standard InChI is InChI=1S/C16H30O4.K/c1-3-5-6-7-8-9-10-11-12-13-15(17)20-14(4-2)16(18)19;/h14H,3-13H2,1-2H3,(H,18,19);/q;+1/p-1. The van der Waals surface area contributed by atoms with Gasteiger partial charge in [0.25, 0.3) is 0 Å². The van der Waals surface area contributed by atoms with E-state index in [4.69, 9.17) is 4.74 Å². The number of hydrogen-bond donors (Lipinski definition) is 0. The minimum atomic E-state index is -1.31. The quantitative estimate of drug-likeness (QED) is 0.271. The van der Waals surface area contributed by atoms with Crippen LogP contribution in [0, 0.1) is 0 Å². The molecule has 0 aromatic carbocycles. The molecule has 0 aliphatic heterocycles. The zero-order chi connectivity index (χ0) is 15.2. The van der Waals surface area contributed by atoms with E-state index in [9.17, 15) is 14.7 Å². The predicted octanol–water partition coefficient (Wildman–Crippen LogP) is -0.0170. The molecule has 1 unspecified atom stereocenters. The normalized spacial score (nSPS) is 11.5. The van der Waals surface area contributed by atoms with Crippen LogP contribution in [0.1, 0.15) is 84.5 Å². The van der Waals surface area contributed by atoms with Crippen molar-refractivity contribution in [3.63, 3.8) is 0 Å². The molecule has 0 bridgehead atoms. The summed E-state index contributed by atoms with van der Waals surface area (Å²) in [6, 6.07) is 0. The van der Waals surface area contributed by atoms with Crippen LogP contribution in [0.4, 0.5) is 0 Å². The van der Waals surface area contributed by atoms with Crippen LogP contribution in [0.3, 0.4) is 0 Å². The maximum Gasteiger partial charge on any atom is 1.00 e. The summed E-state index contributed by atoms with van der Waals surface area (Å²) < 4.78 is 4.83. The van der Waals surface area contributed by atoms with Gasteiger partial charge < -0.3 is 14.6 Å². The van der Waals surface area contributed by atoms with E-state index in [0.717, 1.165) is 19.3 Å². The van der Waals surface area contributed by atoms with E-state index in [1.54, 1.807) is 6.92 Å². The van der Waals surface area contributed by atoms with Crippen molar-refractivity contribution in [2.24, 2.45) is 0 Å². The molecule has 0 aliphatic rings. The summed E-state index contributed by atoms with van der Waals surface area (Å²) in [4.78, 5) is 22.0. The fourth-order valence-corrected chi connectivity index (χ4v) is 2.10. The van der Waals surface area contributed by atoms with Gasteiger partial charge in [-0.3, -0.25) is 4.79 Å². The Morgan fingerprint density at radius 1 is 0.905 bits per heavy atom. The summed E-state index contributed by atoms with van der Waals surface area (Å²) >= 11 is 0. The third-order valence-electron chi connectivity index (χ3n) is 3.39. The molecule has 0 radical (unpaired) electrons. The number of carbonyl (C=O) groups is 2. The van der Waals surface area contributed by atoms with Gasteiger partial charge in [-0.05, 0) is 12.8 Å². The molecule has 118 valence electrons. The largest absolute Gasteiger partial charge is 1.00 e. The van der Waals surface area contributed by atoms with Gasteiger partial charge in [0.1, 0.15) is 6.10 Å². The molecule has 0 saturated carbocycles. The summed E-state index contributed by atoms with van der Waals surface area (Å²) in [6.45, 7) is 3.87. The number of carboxylic acid groups (broad SMARTS) is 1. The molecule has 1 atom stereocenters. The van der Waals surface area contributed by atoms with Gasteiger partial charge in [0, 0.05) is 6.42 Å². The van der Waals surface area contributed by atoms with E-state index >= 15 is 0 Å². The molecule has 0 aromatic rings. The average molecular weight is 325 g/mol. The molecule has 0 amide bonds. The fraction of sp³-hybridized carbons (Fsp3) is 0.875. The van der Waals surface area contributed by atoms with Crippen LogP contribution in [0.5, 0.6) is 0 Å². The van der Waals surface area contributed by atoms with Crippen molar-refractivity contribution in [1.82, 2.24) is 0 Å². The van der Waals surface area contributed by atoms with Crippen LogP contribution in [-0.4, -0.2) is 18.0 Å². The van der Waals surface area contributed by atoms with Crippen LogP contribution in [0.25, 0.3) is 0 Å². The number of carboxylic acids is 1. The summed E-state index contributed by atoms with van der Waals surface area (Å²) in [5.74, 6) is -1.74. The second-order valence-corrected chi connectivity index (χ2v) is 5.28. The van der Waals surface area contributed by atoms with Crippen LogP contribution in [-0.2, 0) is 14.3 Å². The van der Waals surface area contributed by atoms with Gasteiger partial charge in [-0.25, -0.2) is 0 Å². The Hall–Kier alpha value is 0.576. The van der Waals surface area contributed by atoms with Gasteiger partial charge in [0.2, 0.25) is 0 Å². The first-order valence-electron chi connectivity index (χ1n) is 8.02. The Kier molecular flexibility index (Phi) is 19.2. The van der Waals surface area contributed by atoms with Crippen molar-refractivity contribution in [1.29, 1.82) is 0 Å². The zero-order valence-electron chi connectivity index (χ0n) is 14.0. The van der Waals surface area contributed by atoms with E-state index in [0.29, 0.717) is 6.42 Å². The molecule has 0 heterocycles. The summed E-state index contributed by atoms with van der Waals surface area (Å²) in [7, 11) is 0. The van der Waals surface area contributed by atoms with E-state index < -0.39 is 18.0 Å². The second kappa shape index (κ2) is 16.9. The van der Waals surface area contributed by atoms with Gasteiger partial charge in [-0.1, -0.05) is 65.2 Å². The first-order chi connectivity index (χ1) is 9.61. The van der Waals surface area contributed by atoms with Crippen LogP contribution >= 0.6 is 0 Å². The van der Waals surface area contributed by atoms with Gasteiger partial charge in [-0.2, -0.15) is 0 Å². The van der Waals surface area contributed by atoms with E-state index in [-0.39, 0.29) is 57.8 Å². The first kappa shape index (κ1) is 23.8. The number of ether oxygens (including phenoxy) is 1. The van der Waals surface area contributed by atoms with E-state index in [2.05, 4.69) is 6.92 Å². The zero-order valence-corrected chi connectivity index (χ0v) is 17.1. The SMILES string of the molecule is CCCCCCCCCCCC(=O)OC(CC)C(=O)[O-].[K+]. The minimum Gasteiger partial charge on any atom is -0.546 e.